The van der Waals surface area contributed by atoms with Gasteiger partial charge in [-0.05, 0) is 22.9 Å². The third-order valence-electron chi connectivity index (χ3n) is 3.70. The maximum absolute atomic E-state index is 12.3. The molecule has 0 heterocycles. The van der Waals surface area contributed by atoms with E-state index in [0.717, 1.165) is 10.8 Å². The van der Waals surface area contributed by atoms with Crippen molar-refractivity contribution in [3.8, 4) is 0 Å². The first-order valence-electron chi connectivity index (χ1n) is 7.67. The van der Waals surface area contributed by atoms with Gasteiger partial charge in [-0.3, -0.25) is 9.59 Å². The molecule has 2 rings (SSSR count). The molecule has 2 aromatic rings. The van der Waals surface area contributed by atoms with Crippen molar-refractivity contribution in [3.63, 3.8) is 0 Å². The molecule has 5 nitrogen and oxygen atoms in total. The third-order valence-corrected chi connectivity index (χ3v) is 5.07. The lowest BCUT2D eigenvalue weighted by Crippen LogP contribution is -2.31. The van der Waals surface area contributed by atoms with Crippen molar-refractivity contribution in [2.24, 2.45) is 5.41 Å². The van der Waals surface area contributed by atoms with E-state index in [1.807, 2.05) is 22.9 Å². The number of carbonyl (C=O) groups excluding carboxylic acids is 2. The van der Waals surface area contributed by atoms with Crippen molar-refractivity contribution in [3.05, 3.63) is 42.5 Å². The third kappa shape index (κ3) is 4.41. The summed E-state index contributed by atoms with van der Waals surface area (Å²) in [5.41, 5.74) is -0.544. The highest BCUT2D eigenvalue weighted by atomic mass is 32.2. The van der Waals surface area contributed by atoms with Gasteiger partial charge in [-0.25, -0.2) is 13.1 Å². The second kappa shape index (κ2) is 6.73. The number of Topliss-reactive ketones (excluding diaryl/α,β-unsaturated/α-hetero) is 1. The minimum atomic E-state index is -3.95. The van der Waals surface area contributed by atoms with E-state index < -0.39 is 21.3 Å². The normalized spacial score (nSPS) is 12.1. The average molecular weight is 347 g/mol. The van der Waals surface area contributed by atoms with Crippen LogP contribution in [0.4, 0.5) is 0 Å². The number of sulfonamides is 1. The number of rotatable bonds is 5. The molecule has 0 aliphatic carbocycles. The van der Waals surface area contributed by atoms with Gasteiger partial charge in [0.15, 0.2) is 0 Å². The van der Waals surface area contributed by atoms with Crippen LogP contribution in [-0.4, -0.2) is 20.1 Å². The molecule has 2 aromatic carbocycles. The predicted octanol–water partition coefficient (Wildman–Crippen LogP) is 3.04. The summed E-state index contributed by atoms with van der Waals surface area (Å²) in [6.45, 7) is 5.29. The highest BCUT2D eigenvalue weighted by Gasteiger charge is 2.23. The van der Waals surface area contributed by atoms with Crippen LogP contribution in [0.1, 0.15) is 33.6 Å². The lowest BCUT2D eigenvalue weighted by molar-refractivity contribution is -0.129. The molecule has 0 saturated heterocycles. The van der Waals surface area contributed by atoms with Gasteiger partial charge in [0.05, 0.1) is 4.90 Å². The quantitative estimate of drug-likeness (QED) is 0.901. The summed E-state index contributed by atoms with van der Waals surface area (Å²) in [7, 11) is -3.95. The van der Waals surface area contributed by atoms with Gasteiger partial charge in [0, 0.05) is 18.3 Å². The number of nitrogens with one attached hydrogen (secondary N) is 1. The molecular weight excluding hydrogens is 326 g/mol. The largest absolute Gasteiger partial charge is 0.299 e. The summed E-state index contributed by atoms with van der Waals surface area (Å²) in [5, 5.41) is 1.69. The van der Waals surface area contributed by atoms with Crippen molar-refractivity contribution in [1.82, 2.24) is 4.72 Å². The Kier molecular flexibility index (Phi) is 5.08. The van der Waals surface area contributed by atoms with Gasteiger partial charge in [0.25, 0.3) is 10.0 Å². The first kappa shape index (κ1) is 18.1. The maximum Gasteiger partial charge on any atom is 0.264 e. The lowest BCUT2D eigenvalue weighted by atomic mass is 9.88. The van der Waals surface area contributed by atoms with E-state index in [9.17, 15) is 18.0 Å². The first-order chi connectivity index (χ1) is 11.1. The van der Waals surface area contributed by atoms with Gasteiger partial charge in [0.2, 0.25) is 5.91 Å². The summed E-state index contributed by atoms with van der Waals surface area (Å²) in [6.07, 6.45) is -0.133. The molecule has 1 N–H and O–H groups in total. The Morgan fingerprint density at radius 2 is 1.58 bits per heavy atom. The Bertz CT molecular complexity index is 879. The van der Waals surface area contributed by atoms with Crippen LogP contribution in [0, 0.1) is 5.41 Å². The number of amides is 1. The molecule has 0 radical (unpaired) electrons. The van der Waals surface area contributed by atoms with Gasteiger partial charge < -0.3 is 0 Å². The minimum absolute atomic E-state index is 0.0164. The van der Waals surface area contributed by atoms with Gasteiger partial charge in [-0.15, -0.1) is 0 Å². The average Bonchev–Trinajstić information content (AvgIpc) is 2.50. The molecule has 24 heavy (non-hydrogen) atoms. The highest BCUT2D eigenvalue weighted by Crippen LogP contribution is 2.20. The summed E-state index contributed by atoms with van der Waals surface area (Å²) in [6, 6.07) is 12.0. The Balaban J connectivity index is 2.09. The van der Waals surface area contributed by atoms with E-state index in [0.29, 0.717) is 0 Å². The lowest BCUT2D eigenvalue weighted by Gasteiger charge is -2.16. The summed E-state index contributed by atoms with van der Waals surface area (Å²) >= 11 is 0. The van der Waals surface area contributed by atoms with E-state index >= 15 is 0 Å². The molecule has 0 saturated carbocycles. The van der Waals surface area contributed by atoms with E-state index in [1.165, 1.54) is 12.1 Å². The van der Waals surface area contributed by atoms with Crippen molar-refractivity contribution >= 4 is 32.5 Å². The fraction of sp³-hybridized carbons (Fsp3) is 0.333. The molecule has 0 bridgehead atoms. The first-order valence-corrected chi connectivity index (χ1v) is 9.16. The van der Waals surface area contributed by atoms with Gasteiger partial charge >= 0.3 is 0 Å². The van der Waals surface area contributed by atoms with E-state index in [-0.39, 0.29) is 23.5 Å². The Morgan fingerprint density at radius 1 is 0.958 bits per heavy atom. The fourth-order valence-corrected chi connectivity index (χ4v) is 3.25. The van der Waals surface area contributed by atoms with Gasteiger partial charge in [0.1, 0.15) is 5.78 Å². The van der Waals surface area contributed by atoms with Crippen molar-refractivity contribution in [1.29, 1.82) is 0 Å². The second-order valence-corrected chi connectivity index (χ2v) is 8.39. The smallest absolute Gasteiger partial charge is 0.264 e. The molecule has 128 valence electrons. The minimum Gasteiger partial charge on any atom is -0.299 e. The zero-order valence-electron chi connectivity index (χ0n) is 14.0. The molecule has 0 aromatic heterocycles. The molecule has 0 atom stereocenters. The fourth-order valence-electron chi connectivity index (χ4n) is 2.20. The Hall–Kier alpha value is -2.21. The number of ketones is 1. The molecule has 0 aliphatic rings. The van der Waals surface area contributed by atoms with Crippen LogP contribution in [0.3, 0.4) is 0 Å². The van der Waals surface area contributed by atoms with Crippen molar-refractivity contribution in [2.75, 3.05) is 0 Å². The van der Waals surface area contributed by atoms with Crippen LogP contribution < -0.4 is 4.72 Å². The molecule has 0 unspecified atom stereocenters. The van der Waals surface area contributed by atoms with E-state index in [1.54, 1.807) is 32.9 Å². The molecule has 1 amide bonds. The number of benzene rings is 2. The molecule has 0 spiro atoms. The Labute approximate surface area is 142 Å². The van der Waals surface area contributed by atoms with E-state index in [2.05, 4.69) is 0 Å². The zero-order chi connectivity index (χ0) is 18.0. The van der Waals surface area contributed by atoms with Crippen molar-refractivity contribution < 1.29 is 18.0 Å². The van der Waals surface area contributed by atoms with Crippen LogP contribution in [0.25, 0.3) is 10.8 Å². The summed E-state index contributed by atoms with van der Waals surface area (Å²) in [5.74, 6) is -0.762. The number of carbonyl (C=O) groups is 2. The number of fused-ring (bicyclic) bond motifs is 1. The second-order valence-electron chi connectivity index (χ2n) is 6.71. The van der Waals surface area contributed by atoms with Crippen LogP contribution >= 0.6 is 0 Å². The predicted molar refractivity (Wildman–Crippen MR) is 93.0 cm³/mol. The molecule has 0 fully saturated rings. The monoisotopic (exact) mass is 347 g/mol. The van der Waals surface area contributed by atoms with Crippen LogP contribution in [0.2, 0.25) is 0 Å². The zero-order valence-corrected chi connectivity index (χ0v) is 14.8. The van der Waals surface area contributed by atoms with E-state index in [4.69, 9.17) is 0 Å². The molecule has 0 aliphatic heterocycles. The Morgan fingerprint density at radius 3 is 2.21 bits per heavy atom. The maximum atomic E-state index is 12.3. The number of hydrogen-bond acceptors (Lipinski definition) is 4. The summed E-state index contributed by atoms with van der Waals surface area (Å²) in [4.78, 5) is 23.7. The van der Waals surface area contributed by atoms with Gasteiger partial charge in [-0.2, -0.15) is 0 Å². The topological polar surface area (TPSA) is 80.3 Å². The van der Waals surface area contributed by atoms with Gasteiger partial charge in [-0.1, -0.05) is 51.1 Å². The SMILES string of the molecule is CC(C)(C)C(=O)CCC(=O)NS(=O)(=O)c1ccc2ccccc2c1. The number of hydrogen-bond donors (Lipinski definition) is 1. The molecule has 6 heteroatoms. The van der Waals surface area contributed by atoms with Crippen LogP contribution in [0.5, 0.6) is 0 Å². The summed E-state index contributed by atoms with van der Waals surface area (Å²) < 4.78 is 26.6. The molecular formula is C18H21NO4S. The standard InChI is InChI=1S/C18H21NO4S/c1-18(2,3)16(20)10-11-17(21)19-24(22,23)15-9-8-13-6-4-5-7-14(13)12-15/h4-9,12H,10-11H2,1-3H3,(H,19,21). The van der Waals surface area contributed by atoms with Crippen LogP contribution in [0.15, 0.2) is 47.4 Å². The highest BCUT2D eigenvalue weighted by molar-refractivity contribution is 7.90. The van der Waals surface area contributed by atoms with Crippen molar-refractivity contribution in [2.45, 2.75) is 38.5 Å². The van der Waals surface area contributed by atoms with Crippen LogP contribution in [-0.2, 0) is 19.6 Å².